The van der Waals surface area contributed by atoms with E-state index in [0.717, 1.165) is 25.7 Å². The Kier molecular flexibility index (Phi) is 4.90. The van der Waals surface area contributed by atoms with Crippen molar-refractivity contribution in [3.63, 3.8) is 0 Å². The van der Waals surface area contributed by atoms with Crippen LogP contribution in [0.5, 0.6) is 0 Å². The smallest absolute Gasteiger partial charge is 0.407 e. The van der Waals surface area contributed by atoms with Crippen LogP contribution in [0.3, 0.4) is 0 Å². The maximum atomic E-state index is 11.9. The number of carbonyl (C=O) groups excluding carboxylic acids is 1. The van der Waals surface area contributed by atoms with Crippen LogP contribution in [0.1, 0.15) is 65.2 Å². The van der Waals surface area contributed by atoms with Crippen molar-refractivity contribution >= 4 is 6.09 Å². The molecule has 3 nitrogen and oxygen atoms in total. The second-order valence-corrected chi connectivity index (χ2v) is 6.42. The molecular weight excluding hydrogens is 226 g/mol. The largest absolute Gasteiger partial charge is 0.446 e. The van der Waals surface area contributed by atoms with Crippen molar-refractivity contribution in [1.29, 1.82) is 0 Å². The van der Waals surface area contributed by atoms with Crippen LogP contribution in [0.4, 0.5) is 4.79 Å². The van der Waals surface area contributed by atoms with Gasteiger partial charge in [-0.05, 0) is 43.9 Å². The van der Waals surface area contributed by atoms with Crippen LogP contribution < -0.4 is 5.32 Å². The highest BCUT2D eigenvalue weighted by molar-refractivity contribution is 5.67. The SMILES string of the molecule is CC1CC(C)CC(OC(=O)NC2CCCCC2)C1. The fraction of sp³-hybridized carbons (Fsp3) is 0.933. The summed E-state index contributed by atoms with van der Waals surface area (Å²) in [6, 6.07) is 0.352. The Balaban J connectivity index is 1.72. The van der Waals surface area contributed by atoms with E-state index >= 15 is 0 Å². The number of carbonyl (C=O) groups is 1. The van der Waals surface area contributed by atoms with Crippen LogP contribution in [0, 0.1) is 11.8 Å². The van der Waals surface area contributed by atoms with Crippen molar-refractivity contribution < 1.29 is 9.53 Å². The molecule has 0 heterocycles. The van der Waals surface area contributed by atoms with Crippen molar-refractivity contribution in [3.8, 4) is 0 Å². The van der Waals surface area contributed by atoms with Gasteiger partial charge in [0.05, 0.1) is 0 Å². The number of rotatable bonds is 2. The first kappa shape index (κ1) is 13.7. The molecular formula is C15H27NO2. The van der Waals surface area contributed by atoms with Gasteiger partial charge < -0.3 is 10.1 Å². The zero-order chi connectivity index (χ0) is 13.0. The van der Waals surface area contributed by atoms with Crippen molar-refractivity contribution in [2.75, 3.05) is 0 Å². The lowest BCUT2D eigenvalue weighted by Crippen LogP contribution is -2.39. The van der Waals surface area contributed by atoms with Gasteiger partial charge in [0.15, 0.2) is 0 Å². The summed E-state index contributed by atoms with van der Waals surface area (Å²) in [5, 5.41) is 3.03. The van der Waals surface area contributed by atoms with Gasteiger partial charge in [0, 0.05) is 6.04 Å². The summed E-state index contributed by atoms with van der Waals surface area (Å²) in [7, 11) is 0. The molecule has 2 rings (SSSR count). The number of alkyl carbamates (subject to hydrolysis) is 1. The molecule has 0 aromatic rings. The molecule has 2 saturated carbocycles. The lowest BCUT2D eigenvalue weighted by Gasteiger charge is -2.31. The zero-order valence-electron chi connectivity index (χ0n) is 11.8. The molecule has 2 aliphatic rings. The number of amides is 1. The molecule has 0 radical (unpaired) electrons. The maximum absolute atomic E-state index is 11.9. The molecule has 2 fully saturated rings. The minimum absolute atomic E-state index is 0.132. The molecule has 18 heavy (non-hydrogen) atoms. The molecule has 1 N–H and O–H groups in total. The lowest BCUT2D eigenvalue weighted by atomic mass is 9.82. The summed E-state index contributed by atoms with van der Waals surface area (Å²) < 4.78 is 5.58. The molecule has 3 heteroatoms. The second kappa shape index (κ2) is 6.44. The first-order chi connectivity index (χ1) is 8.63. The molecule has 2 unspecified atom stereocenters. The quantitative estimate of drug-likeness (QED) is 0.811. The number of nitrogens with one attached hydrogen (secondary N) is 1. The van der Waals surface area contributed by atoms with E-state index in [2.05, 4.69) is 19.2 Å². The highest BCUT2D eigenvalue weighted by Crippen LogP contribution is 2.30. The summed E-state index contributed by atoms with van der Waals surface area (Å²) in [6.07, 6.45) is 9.30. The topological polar surface area (TPSA) is 38.3 Å². The molecule has 0 spiro atoms. The third-order valence-corrected chi connectivity index (χ3v) is 4.34. The highest BCUT2D eigenvalue weighted by atomic mass is 16.6. The van der Waals surface area contributed by atoms with Gasteiger partial charge in [0.2, 0.25) is 0 Å². The van der Waals surface area contributed by atoms with Crippen molar-refractivity contribution in [2.45, 2.75) is 77.4 Å². The Hall–Kier alpha value is -0.730. The van der Waals surface area contributed by atoms with E-state index in [-0.39, 0.29) is 12.2 Å². The van der Waals surface area contributed by atoms with Crippen LogP contribution in [0.15, 0.2) is 0 Å². The van der Waals surface area contributed by atoms with Crippen molar-refractivity contribution in [2.24, 2.45) is 11.8 Å². The normalized spacial score (nSPS) is 34.0. The van der Waals surface area contributed by atoms with Crippen LogP contribution in [0.2, 0.25) is 0 Å². The van der Waals surface area contributed by atoms with E-state index in [4.69, 9.17) is 4.74 Å². The van der Waals surface area contributed by atoms with E-state index in [1.807, 2.05) is 0 Å². The summed E-state index contributed by atoms with van der Waals surface area (Å²) in [5.41, 5.74) is 0. The van der Waals surface area contributed by atoms with E-state index < -0.39 is 0 Å². The average molecular weight is 253 g/mol. The summed E-state index contributed by atoms with van der Waals surface area (Å²) in [5.74, 6) is 1.36. The van der Waals surface area contributed by atoms with E-state index in [9.17, 15) is 4.79 Å². The number of hydrogen-bond acceptors (Lipinski definition) is 2. The minimum Gasteiger partial charge on any atom is -0.446 e. The first-order valence-corrected chi connectivity index (χ1v) is 7.60. The van der Waals surface area contributed by atoms with Crippen molar-refractivity contribution in [1.82, 2.24) is 5.32 Å². The van der Waals surface area contributed by atoms with Gasteiger partial charge in [-0.3, -0.25) is 0 Å². The van der Waals surface area contributed by atoms with Crippen LogP contribution in [0.25, 0.3) is 0 Å². The van der Waals surface area contributed by atoms with Gasteiger partial charge in [0.1, 0.15) is 6.10 Å². The third kappa shape index (κ3) is 4.18. The van der Waals surface area contributed by atoms with Gasteiger partial charge >= 0.3 is 6.09 Å². The first-order valence-electron chi connectivity index (χ1n) is 7.60. The van der Waals surface area contributed by atoms with E-state index in [1.54, 1.807) is 0 Å². The molecule has 0 aromatic heterocycles. The van der Waals surface area contributed by atoms with Crippen molar-refractivity contribution in [3.05, 3.63) is 0 Å². The molecule has 2 atom stereocenters. The highest BCUT2D eigenvalue weighted by Gasteiger charge is 2.27. The van der Waals surface area contributed by atoms with Crippen LogP contribution >= 0.6 is 0 Å². The van der Waals surface area contributed by atoms with Gasteiger partial charge in [-0.2, -0.15) is 0 Å². The predicted octanol–water partition coefficient (Wildman–Crippen LogP) is 3.87. The lowest BCUT2D eigenvalue weighted by molar-refractivity contribution is 0.0442. The van der Waals surface area contributed by atoms with E-state index in [1.165, 1.54) is 25.7 Å². The Labute approximate surface area is 111 Å². The Morgan fingerprint density at radius 1 is 1.00 bits per heavy atom. The minimum atomic E-state index is -0.187. The van der Waals surface area contributed by atoms with Gasteiger partial charge in [-0.1, -0.05) is 33.1 Å². The predicted molar refractivity (Wildman–Crippen MR) is 72.5 cm³/mol. The summed E-state index contributed by atoms with van der Waals surface area (Å²) in [6.45, 7) is 4.51. The molecule has 104 valence electrons. The average Bonchev–Trinajstić information content (AvgIpc) is 2.28. The number of ether oxygens (including phenoxy) is 1. The summed E-state index contributed by atoms with van der Waals surface area (Å²) in [4.78, 5) is 11.9. The van der Waals surface area contributed by atoms with Gasteiger partial charge in [-0.25, -0.2) is 4.79 Å². The molecule has 1 amide bonds. The van der Waals surface area contributed by atoms with Gasteiger partial charge in [-0.15, -0.1) is 0 Å². The third-order valence-electron chi connectivity index (χ3n) is 4.34. The fourth-order valence-electron chi connectivity index (χ4n) is 3.57. The molecule has 0 aliphatic heterocycles. The van der Waals surface area contributed by atoms with Gasteiger partial charge in [0.25, 0.3) is 0 Å². The monoisotopic (exact) mass is 253 g/mol. The molecule has 2 aliphatic carbocycles. The van der Waals surface area contributed by atoms with E-state index in [0.29, 0.717) is 17.9 Å². The number of hydrogen-bond donors (Lipinski definition) is 1. The summed E-state index contributed by atoms with van der Waals surface area (Å²) >= 11 is 0. The maximum Gasteiger partial charge on any atom is 0.407 e. The Morgan fingerprint density at radius 3 is 2.22 bits per heavy atom. The van der Waals surface area contributed by atoms with Crippen LogP contribution in [-0.2, 0) is 4.74 Å². The second-order valence-electron chi connectivity index (χ2n) is 6.42. The molecule has 0 bridgehead atoms. The fourth-order valence-corrected chi connectivity index (χ4v) is 3.57. The standard InChI is InChI=1S/C15H27NO2/c1-11-8-12(2)10-14(9-11)18-15(17)16-13-6-4-3-5-7-13/h11-14H,3-10H2,1-2H3,(H,16,17). The molecule has 0 aromatic carbocycles. The molecule has 0 saturated heterocycles. The Bertz CT molecular complexity index is 264. The Morgan fingerprint density at radius 2 is 1.61 bits per heavy atom. The van der Waals surface area contributed by atoms with Crippen LogP contribution in [-0.4, -0.2) is 18.2 Å². The zero-order valence-corrected chi connectivity index (χ0v) is 11.8.